The molecule has 23 heavy (non-hydrogen) atoms. The van der Waals surface area contributed by atoms with E-state index in [0.29, 0.717) is 17.5 Å². The second kappa shape index (κ2) is 7.59. The van der Waals surface area contributed by atoms with Gasteiger partial charge in [0.05, 0.1) is 6.10 Å². The van der Waals surface area contributed by atoms with E-state index in [-0.39, 0.29) is 23.9 Å². The van der Waals surface area contributed by atoms with Crippen molar-refractivity contribution < 1.29 is 14.7 Å². The van der Waals surface area contributed by atoms with Gasteiger partial charge in [-0.1, -0.05) is 0 Å². The Kier molecular flexibility index (Phi) is 5.77. The molecule has 0 aromatic heterocycles. The van der Waals surface area contributed by atoms with Gasteiger partial charge in [0, 0.05) is 29.8 Å². The van der Waals surface area contributed by atoms with Crippen LogP contribution in [0.2, 0.25) is 0 Å². The lowest BCUT2D eigenvalue weighted by Gasteiger charge is -2.25. The highest BCUT2D eigenvalue weighted by atomic mass is 16.3. The lowest BCUT2D eigenvalue weighted by atomic mass is 10.1. The maximum Gasteiger partial charge on any atom is 0.254 e. The second-order valence-corrected chi connectivity index (χ2v) is 6.58. The fraction of sp³-hybridized carbons (Fsp3) is 0.556. The summed E-state index contributed by atoms with van der Waals surface area (Å²) in [5, 5.41) is 12.4. The van der Waals surface area contributed by atoms with Gasteiger partial charge in [-0.25, -0.2) is 0 Å². The van der Waals surface area contributed by atoms with Crippen molar-refractivity contribution >= 4 is 11.8 Å². The number of aliphatic hydroxyl groups excluding tert-OH is 1. The average molecular weight is 318 g/mol. The number of aliphatic hydroxyl groups is 1. The van der Waals surface area contributed by atoms with Gasteiger partial charge >= 0.3 is 0 Å². The van der Waals surface area contributed by atoms with E-state index < -0.39 is 6.10 Å². The van der Waals surface area contributed by atoms with Crippen LogP contribution >= 0.6 is 0 Å². The predicted octanol–water partition coefficient (Wildman–Crippen LogP) is 2.20. The zero-order valence-electron chi connectivity index (χ0n) is 14.1. The maximum absolute atomic E-state index is 12.6. The molecule has 1 aromatic carbocycles. The lowest BCUT2D eigenvalue weighted by molar-refractivity contribution is 0.0681. The van der Waals surface area contributed by atoms with Gasteiger partial charge in [-0.05, 0) is 64.3 Å². The van der Waals surface area contributed by atoms with Crippen LogP contribution in [0, 0.1) is 0 Å². The molecule has 5 heteroatoms. The molecule has 1 saturated heterocycles. The largest absolute Gasteiger partial charge is 0.393 e. The molecule has 0 aliphatic carbocycles. The third kappa shape index (κ3) is 4.55. The van der Waals surface area contributed by atoms with Crippen LogP contribution in [0.15, 0.2) is 24.3 Å². The summed E-state index contributed by atoms with van der Waals surface area (Å²) in [4.78, 5) is 26.4. The number of hydrogen-bond acceptors (Lipinski definition) is 3. The highest BCUT2D eigenvalue weighted by Crippen LogP contribution is 2.23. The number of likely N-dealkylation sites (tertiary alicyclic amines) is 1. The van der Waals surface area contributed by atoms with E-state index in [1.54, 1.807) is 31.2 Å². The van der Waals surface area contributed by atoms with Crippen LogP contribution in [-0.4, -0.2) is 46.6 Å². The van der Waals surface area contributed by atoms with Crippen LogP contribution in [0.5, 0.6) is 0 Å². The molecule has 0 bridgehead atoms. The summed E-state index contributed by atoms with van der Waals surface area (Å²) in [5.41, 5.74) is 1.14. The molecule has 2 N–H and O–H groups in total. The van der Waals surface area contributed by atoms with Crippen molar-refractivity contribution in [3.63, 3.8) is 0 Å². The quantitative estimate of drug-likeness (QED) is 0.874. The second-order valence-electron chi connectivity index (χ2n) is 6.58. The molecule has 2 rings (SSSR count). The Balaban J connectivity index is 2.06. The van der Waals surface area contributed by atoms with Gasteiger partial charge in [-0.15, -0.1) is 0 Å². The molecule has 0 radical (unpaired) electrons. The zero-order chi connectivity index (χ0) is 17.0. The number of hydrogen-bond donors (Lipinski definition) is 2. The Morgan fingerprint density at radius 3 is 2.39 bits per heavy atom. The van der Waals surface area contributed by atoms with Gasteiger partial charge in [0.2, 0.25) is 0 Å². The van der Waals surface area contributed by atoms with Crippen LogP contribution in [0.3, 0.4) is 0 Å². The molecule has 5 nitrogen and oxygen atoms in total. The smallest absolute Gasteiger partial charge is 0.254 e. The van der Waals surface area contributed by atoms with Gasteiger partial charge in [-0.3, -0.25) is 9.59 Å². The number of nitrogens with zero attached hydrogens (tertiary/aromatic N) is 1. The Labute approximate surface area is 137 Å². The van der Waals surface area contributed by atoms with Gasteiger partial charge in [0.25, 0.3) is 11.8 Å². The number of benzene rings is 1. The van der Waals surface area contributed by atoms with Crippen molar-refractivity contribution in [1.29, 1.82) is 0 Å². The van der Waals surface area contributed by atoms with Crippen LogP contribution in [-0.2, 0) is 0 Å². The normalized spacial score (nSPS) is 19.0. The number of carbonyl (C=O) groups excluding carboxylic acids is 2. The van der Waals surface area contributed by atoms with Crippen molar-refractivity contribution in [2.24, 2.45) is 0 Å². The molecule has 1 fully saturated rings. The van der Waals surface area contributed by atoms with Crippen LogP contribution in [0.4, 0.5) is 0 Å². The fourth-order valence-electron chi connectivity index (χ4n) is 3.02. The van der Waals surface area contributed by atoms with Gasteiger partial charge in [-0.2, -0.15) is 0 Å². The van der Waals surface area contributed by atoms with E-state index in [1.165, 1.54) is 0 Å². The average Bonchev–Trinajstić information content (AvgIpc) is 2.93. The molecule has 0 saturated carbocycles. The Morgan fingerprint density at radius 2 is 1.83 bits per heavy atom. The molecule has 0 spiro atoms. The van der Waals surface area contributed by atoms with Crippen LogP contribution in [0.25, 0.3) is 0 Å². The Morgan fingerprint density at radius 1 is 1.22 bits per heavy atom. The summed E-state index contributed by atoms with van der Waals surface area (Å²) in [6, 6.07) is 6.96. The number of rotatable bonds is 5. The molecule has 1 aliphatic rings. The van der Waals surface area contributed by atoms with Gasteiger partial charge in [0.15, 0.2) is 0 Å². The summed E-state index contributed by atoms with van der Waals surface area (Å²) >= 11 is 0. The van der Waals surface area contributed by atoms with Crippen molar-refractivity contribution in [2.45, 2.75) is 58.2 Å². The molecule has 126 valence electrons. The van der Waals surface area contributed by atoms with Crippen molar-refractivity contribution in [3.05, 3.63) is 35.4 Å². The fourth-order valence-corrected chi connectivity index (χ4v) is 3.02. The van der Waals surface area contributed by atoms with E-state index >= 15 is 0 Å². The first-order valence-electron chi connectivity index (χ1n) is 8.28. The summed E-state index contributed by atoms with van der Waals surface area (Å²) in [5.74, 6) is -0.156. The summed E-state index contributed by atoms with van der Waals surface area (Å²) in [6.45, 7) is 6.30. The molecule has 2 amide bonds. The summed E-state index contributed by atoms with van der Waals surface area (Å²) in [6.07, 6.45) is 2.11. The third-order valence-electron chi connectivity index (χ3n) is 4.06. The summed E-state index contributed by atoms with van der Waals surface area (Å²) < 4.78 is 0. The zero-order valence-corrected chi connectivity index (χ0v) is 14.1. The minimum atomic E-state index is -0.407. The topological polar surface area (TPSA) is 69.6 Å². The first kappa shape index (κ1) is 17.5. The van der Waals surface area contributed by atoms with E-state index in [4.69, 9.17) is 0 Å². The highest BCUT2D eigenvalue weighted by molar-refractivity contribution is 5.98. The molecule has 2 unspecified atom stereocenters. The molecule has 1 heterocycles. The minimum absolute atomic E-state index is 0.0241. The van der Waals surface area contributed by atoms with E-state index in [9.17, 15) is 14.7 Å². The van der Waals surface area contributed by atoms with Crippen molar-refractivity contribution in [1.82, 2.24) is 10.2 Å². The number of nitrogens with one attached hydrogen (secondary N) is 1. The van der Waals surface area contributed by atoms with E-state index in [0.717, 1.165) is 19.4 Å². The lowest BCUT2D eigenvalue weighted by Crippen LogP contribution is -2.37. The summed E-state index contributed by atoms with van der Waals surface area (Å²) in [7, 11) is 0. The van der Waals surface area contributed by atoms with Crippen LogP contribution in [0.1, 0.15) is 60.7 Å². The minimum Gasteiger partial charge on any atom is -0.393 e. The SMILES string of the molecule is CC(O)CC1CCCN1C(=O)c1ccc(C(=O)NC(C)C)cc1. The van der Waals surface area contributed by atoms with Crippen LogP contribution < -0.4 is 5.32 Å². The highest BCUT2D eigenvalue weighted by Gasteiger charge is 2.30. The number of amides is 2. The van der Waals surface area contributed by atoms with E-state index in [2.05, 4.69) is 5.32 Å². The van der Waals surface area contributed by atoms with Gasteiger partial charge < -0.3 is 15.3 Å². The molecular weight excluding hydrogens is 292 g/mol. The van der Waals surface area contributed by atoms with Crippen molar-refractivity contribution in [2.75, 3.05) is 6.54 Å². The Bertz CT molecular complexity index is 552. The first-order valence-corrected chi connectivity index (χ1v) is 8.28. The van der Waals surface area contributed by atoms with E-state index in [1.807, 2.05) is 18.7 Å². The number of carbonyl (C=O) groups is 2. The van der Waals surface area contributed by atoms with Crippen molar-refractivity contribution in [3.8, 4) is 0 Å². The molecular formula is C18H26N2O3. The Hall–Kier alpha value is -1.88. The first-order chi connectivity index (χ1) is 10.9. The predicted molar refractivity (Wildman–Crippen MR) is 89.4 cm³/mol. The monoisotopic (exact) mass is 318 g/mol. The van der Waals surface area contributed by atoms with Gasteiger partial charge in [0.1, 0.15) is 0 Å². The molecule has 1 aromatic rings. The standard InChI is InChI=1S/C18H26N2O3/c1-12(2)19-17(22)14-6-8-15(9-7-14)18(23)20-10-4-5-16(20)11-13(3)21/h6-9,12-13,16,21H,4-5,10-11H2,1-3H3,(H,19,22). The maximum atomic E-state index is 12.6. The molecule has 1 aliphatic heterocycles. The third-order valence-corrected chi connectivity index (χ3v) is 4.06. The molecule has 2 atom stereocenters.